The lowest BCUT2D eigenvalue weighted by molar-refractivity contribution is 0.410. The lowest BCUT2D eigenvalue weighted by Crippen LogP contribution is -2.20. The summed E-state index contributed by atoms with van der Waals surface area (Å²) in [6.07, 6.45) is 2.81. The zero-order valence-corrected chi connectivity index (χ0v) is 17.5. The molecule has 1 aromatic carbocycles. The van der Waals surface area contributed by atoms with Crippen molar-refractivity contribution in [1.82, 2.24) is 30.5 Å². The van der Waals surface area contributed by atoms with Crippen molar-refractivity contribution in [2.75, 3.05) is 18.4 Å². The second-order valence-electron chi connectivity index (χ2n) is 7.68. The van der Waals surface area contributed by atoms with Crippen molar-refractivity contribution in [1.29, 1.82) is 0 Å². The Morgan fingerprint density at radius 1 is 1.03 bits per heavy atom. The Kier molecular flexibility index (Phi) is 5.06. The summed E-state index contributed by atoms with van der Waals surface area (Å²) in [5.74, 6) is -0.591. The number of rotatable bonds is 5. The van der Waals surface area contributed by atoms with Crippen LogP contribution in [0.15, 0.2) is 30.3 Å². The molecule has 0 saturated carbocycles. The van der Waals surface area contributed by atoms with Gasteiger partial charge in [0.25, 0.3) is 0 Å². The molecule has 3 aromatic heterocycles. The van der Waals surface area contributed by atoms with Crippen molar-refractivity contribution >= 4 is 28.1 Å². The van der Waals surface area contributed by atoms with Gasteiger partial charge in [0.2, 0.25) is 0 Å². The molecule has 0 atom stereocenters. The van der Waals surface area contributed by atoms with E-state index in [0.717, 1.165) is 36.8 Å². The number of anilines is 2. The highest BCUT2D eigenvalue weighted by Crippen LogP contribution is 2.33. The van der Waals surface area contributed by atoms with Gasteiger partial charge in [-0.25, -0.2) is 8.78 Å². The van der Waals surface area contributed by atoms with Gasteiger partial charge in [0.1, 0.15) is 5.82 Å². The smallest absolute Gasteiger partial charge is 0.324 e. The molecule has 10 heteroatoms. The molecule has 0 aliphatic carbocycles. The molecule has 0 bridgehead atoms. The minimum absolute atomic E-state index is 0.0955. The van der Waals surface area contributed by atoms with Crippen LogP contribution in [0.5, 0.6) is 11.8 Å². The number of halogens is 2. The first kappa shape index (κ1) is 20.1. The Hall–Kier alpha value is -3.79. The maximum Gasteiger partial charge on any atom is 0.324 e. The molecule has 1 aliphatic heterocycles. The van der Waals surface area contributed by atoms with Gasteiger partial charge in [-0.2, -0.15) is 15.1 Å². The number of aryl methyl sites for hydroxylation is 2. The van der Waals surface area contributed by atoms with Crippen LogP contribution >= 0.6 is 0 Å². The van der Waals surface area contributed by atoms with Crippen LogP contribution in [0.2, 0.25) is 0 Å². The molecule has 4 aromatic rings. The zero-order chi connectivity index (χ0) is 22.2. The van der Waals surface area contributed by atoms with Crippen LogP contribution in [-0.4, -0.2) is 38.2 Å². The van der Waals surface area contributed by atoms with E-state index in [0.29, 0.717) is 23.0 Å². The second kappa shape index (κ2) is 8.04. The van der Waals surface area contributed by atoms with E-state index in [1.807, 2.05) is 19.1 Å². The fourth-order valence-corrected chi connectivity index (χ4v) is 3.67. The average Bonchev–Trinajstić information content (AvgIpc) is 3.38. The summed E-state index contributed by atoms with van der Waals surface area (Å²) in [6, 6.07) is 6.04. The number of aromatic nitrogens is 5. The molecule has 0 radical (unpaired) electrons. The lowest BCUT2D eigenvalue weighted by Gasteiger charge is -2.15. The number of ether oxygens (including phenoxy) is 1. The van der Waals surface area contributed by atoms with Gasteiger partial charge in [0, 0.05) is 41.5 Å². The highest BCUT2D eigenvalue weighted by molar-refractivity contribution is 5.83. The third-order valence-electron chi connectivity index (χ3n) is 5.16. The molecular formula is C22H21F2N7O. The number of fused-ring (bicyclic) bond motifs is 1. The molecule has 4 N–H and O–H groups in total. The van der Waals surface area contributed by atoms with E-state index < -0.39 is 11.6 Å². The van der Waals surface area contributed by atoms with Crippen molar-refractivity contribution in [3.63, 3.8) is 0 Å². The quantitative estimate of drug-likeness (QED) is 0.367. The maximum absolute atomic E-state index is 15.0. The number of hydrogen-bond acceptors (Lipinski definition) is 6. The minimum atomic E-state index is -0.682. The van der Waals surface area contributed by atoms with Crippen LogP contribution in [-0.2, 0) is 0 Å². The molecule has 1 aliphatic rings. The highest BCUT2D eigenvalue weighted by atomic mass is 19.1. The van der Waals surface area contributed by atoms with Gasteiger partial charge in [-0.05, 0) is 38.5 Å². The van der Waals surface area contributed by atoms with E-state index in [4.69, 9.17) is 4.74 Å². The van der Waals surface area contributed by atoms with Gasteiger partial charge >= 0.3 is 6.01 Å². The zero-order valence-electron chi connectivity index (χ0n) is 17.5. The molecule has 0 amide bonds. The van der Waals surface area contributed by atoms with E-state index in [9.17, 15) is 4.39 Å². The van der Waals surface area contributed by atoms with Crippen molar-refractivity contribution in [3.05, 3.63) is 59.1 Å². The predicted molar refractivity (Wildman–Crippen MR) is 117 cm³/mol. The molecule has 5 rings (SSSR count). The summed E-state index contributed by atoms with van der Waals surface area (Å²) in [7, 11) is 0. The molecule has 32 heavy (non-hydrogen) atoms. The van der Waals surface area contributed by atoms with Crippen LogP contribution in [0, 0.1) is 25.5 Å². The summed E-state index contributed by atoms with van der Waals surface area (Å²) in [5.41, 5.74) is 3.28. The third kappa shape index (κ3) is 3.92. The van der Waals surface area contributed by atoms with Gasteiger partial charge < -0.3 is 20.4 Å². The van der Waals surface area contributed by atoms with Gasteiger partial charge in [-0.3, -0.25) is 5.10 Å². The van der Waals surface area contributed by atoms with Gasteiger partial charge in [0.15, 0.2) is 23.2 Å². The number of nitrogens with zero attached hydrogens (tertiary/aromatic N) is 3. The van der Waals surface area contributed by atoms with Gasteiger partial charge in [-0.15, -0.1) is 0 Å². The molecule has 8 nitrogen and oxygen atoms in total. The molecule has 0 saturated heterocycles. The van der Waals surface area contributed by atoms with E-state index in [2.05, 4.69) is 35.8 Å². The summed E-state index contributed by atoms with van der Waals surface area (Å²) >= 11 is 0. The number of nitrogens with one attached hydrogen (secondary N) is 4. The number of aromatic amines is 2. The van der Waals surface area contributed by atoms with E-state index in [1.54, 1.807) is 13.0 Å². The monoisotopic (exact) mass is 437 g/mol. The highest BCUT2D eigenvalue weighted by Gasteiger charge is 2.19. The van der Waals surface area contributed by atoms with E-state index in [-0.39, 0.29) is 22.7 Å². The molecule has 0 spiro atoms. The number of benzene rings is 1. The predicted octanol–water partition coefficient (Wildman–Crippen LogP) is 4.49. The lowest BCUT2D eigenvalue weighted by atomic mass is 10.1. The fourth-order valence-electron chi connectivity index (χ4n) is 3.67. The first-order valence-corrected chi connectivity index (χ1v) is 10.2. The Morgan fingerprint density at radius 3 is 2.66 bits per heavy atom. The number of H-pyrrole nitrogens is 2. The summed E-state index contributed by atoms with van der Waals surface area (Å²) in [6.45, 7) is 5.15. The van der Waals surface area contributed by atoms with Crippen molar-refractivity contribution in [3.8, 4) is 11.8 Å². The largest absolute Gasteiger partial charge is 0.421 e. The van der Waals surface area contributed by atoms with Crippen molar-refractivity contribution in [2.45, 2.75) is 20.3 Å². The van der Waals surface area contributed by atoms with E-state index in [1.165, 1.54) is 6.07 Å². The molecule has 164 valence electrons. The molecule has 4 heterocycles. The average molecular weight is 437 g/mol. The Balaban J connectivity index is 1.55. The van der Waals surface area contributed by atoms with Gasteiger partial charge in [-0.1, -0.05) is 6.08 Å². The second-order valence-corrected chi connectivity index (χ2v) is 7.68. The fraction of sp³-hybridized carbons (Fsp3) is 0.227. The first-order chi connectivity index (χ1) is 15.5. The molecule has 0 fully saturated rings. The Labute approximate surface area is 182 Å². The Bertz CT molecular complexity index is 1340. The van der Waals surface area contributed by atoms with Crippen LogP contribution in [0.1, 0.15) is 23.5 Å². The Morgan fingerprint density at radius 2 is 1.91 bits per heavy atom. The van der Waals surface area contributed by atoms with E-state index >= 15 is 4.39 Å². The molecular weight excluding hydrogens is 416 g/mol. The number of hydrogen-bond donors (Lipinski definition) is 4. The normalized spacial score (nSPS) is 13.9. The summed E-state index contributed by atoms with van der Waals surface area (Å²) in [4.78, 5) is 11.6. The standard InChI is InChI=1S/C22H21F2N7O/c1-11-7-14-20(24)17(9-15(23)21(14)26-11)32-22-27-16(13-3-5-25-6-4-13)10-18(29-22)28-19-8-12(2)30-31-19/h3,7-10,25-26H,4-6H2,1-2H3,(H2,27,28,29,30,31). The maximum atomic E-state index is 15.0. The van der Waals surface area contributed by atoms with Crippen LogP contribution in [0.25, 0.3) is 16.5 Å². The van der Waals surface area contributed by atoms with Crippen molar-refractivity contribution < 1.29 is 13.5 Å². The first-order valence-electron chi connectivity index (χ1n) is 10.2. The van der Waals surface area contributed by atoms with Crippen LogP contribution in [0.3, 0.4) is 0 Å². The van der Waals surface area contributed by atoms with Crippen LogP contribution < -0.4 is 15.4 Å². The van der Waals surface area contributed by atoms with Crippen molar-refractivity contribution in [2.24, 2.45) is 0 Å². The topological polar surface area (TPSA) is 104 Å². The SMILES string of the molecule is Cc1cc(Nc2cc(C3=CCNCC3)nc(Oc3cc(F)c4[nH]c(C)cc4c3F)n2)n[nH]1. The summed E-state index contributed by atoms with van der Waals surface area (Å²) < 4.78 is 35.2. The third-order valence-corrected chi connectivity index (χ3v) is 5.16. The van der Waals surface area contributed by atoms with Crippen LogP contribution in [0.4, 0.5) is 20.4 Å². The summed E-state index contributed by atoms with van der Waals surface area (Å²) in [5, 5.41) is 13.5. The van der Waals surface area contributed by atoms with Gasteiger partial charge in [0.05, 0.1) is 11.2 Å². The minimum Gasteiger partial charge on any atom is -0.421 e. The molecule has 0 unspecified atom stereocenters.